The molecule has 0 aliphatic carbocycles. The molecule has 4 nitrogen and oxygen atoms in total. The Labute approximate surface area is 193 Å². The highest BCUT2D eigenvalue weighted by atomic mass is 31.2. The molecule has 4 N–H and O–H groups in total. The molecule has 0 unspecified atom stereocenters. The Bertz CT molecular complexity index is 440. The van der Waals surface area contributed by atoms with Gasteiger partial charge in [0.15, 0.2) is 0 Å². The summed E-state index contributed by atoms with van der Waals surface area (Å²) < 4.78 is 22.7. The molecule has 0 saturated heterocycles. The molecule has 0 amide bonds. The molecule has 0 rings (SSSR count). The van der Waals surface area contributed by atoms with Gasteiger partial charge in [0.05, 0.1) is 24.2 Å². The van der Waals surface area contributed by atoms with Crippen LogP contribution in [0.1, 0.15) is 96.9 Å². The van der Waals surface area contributed by atoms with Gasteiger partial charge >= 0.3 is 0 Å². The van der Waals surface area contributed by atoms with Crippen molar-refractivity contribution in [1.29, 1.82) is 0 Å². The second-order valence-electron chi connectivity index (χ2n) is 10.7. The lowest BCUT2D eigenvalue weighted by atomic mass is 10.3. The zero-order valence-electron chi connectivity index (χ0n) is 22.2. The fraction of sp³-hybridized carbons (Fsp3) is 1.00. The van der Waals surface area contributed by atoms with Crippen molar-refractivity contribution in [3.63, 3.8) is 0 Å². The van der Waals surface area contributed by atoms with Gasteiger partial charge in [0.25, 0.3) is 0 Å². The molecule has 0 heterocycles. The third-order valence-corrected chi connectivity index (χ3v) is 7.21. The van der Waals surface area contributed by atoms with Crippen LogP contribution in [0.2, 0.25) is 0 Å². The third-order valence-electron chi connectivity index (χ3n) is 3.43. The Kier molecular flexibility index (Phi) is 20.4. The topological polar surface area (TPSA) is 67.4 Å². The van der Waals surface area contributed by atoms with E-state index in [-0.39, 0.29) is 25.4 Å². The van der Waals surface area contributed by atoms with Gasteiger partial charge in [-0.15, -0.1) is 0 Å². The van der Waals surface area contributed by atoms with E-state index in [2.05, 4.69) is 108 Å². The summed E-state index contributed by atoms with van der Waals surface area (Å²) >= 11 is 0. The van der Waals surface area contributed by atoms with Crippen molar-refractivity contribution in [3.05, 3.63) is 0 Å². The second-order valence-corrected chi connectivity index (χ2v) is 15.4. The van der Waals surface area contributed by atoms with E-state index in [1.54, 1.807) is 0 Å². The summed E-state index contributed by atoms with van der Waals surface area (Å²) in [4.78, 5) is 0. The molecule has 0 aromatic heterocycles. The van der Waals surface area contributed by atoms with Crippen molar-refractivity contribution >= 4 is 29.2 Å². The van der Waals surface area contributed by atoms with Gasteiger partial charge < -0.3 is 19.8 Å². The third kappa shape index (κ3) is 30.7. The summed E-state index contributed by atoms with van der Waals surface area (Å²) in [7, 11) is -3.09. The van der Waals surface area contributed by atoms with Crippen LogP contribution < -0.4 is 10.6 Å². The lowest BCUT2D eigenvalue weighted by Crippen LogP contribution is -2.92. The van der Waals surface area contributed by atoms with Crippen LogP contribution in [0.5, 0.6) is 0 Å². The Hall–Kier alpha value is 0.510. The van der Waals surface area contributed by atoms with Gasteiger partial charge in [-0.1, -0.05) is 55.6 Å². The van der Waals surface area contributed by atoms with Gasteiger partial charge in [-0.25, -0.2) is 0 Å². The summed E-state index contributed by atoms with van der Waals surface area (Å²) in [6.45, 7) is 34.0. The average Bonchev–Trinajstić information content (AvgIpc) is 2.31. The van der Waals surface area contributed by atoms with E-state index in [0.717, 1.165) is 24.2 Å². The van der Waals surface area contributed by atoms with Gasteiger partial charge in [-0.2, -0.15) is 0 Å². The molecular formula is C22H62B2N2O2P2. The first-order valence-corrected chi connectivity index (χ1v) is 14.1. The minimum atomic E-state index is -1.60. The van der Waals surface area contributed by atoms with Crippen LogP contribution >= 0.6 is 14.0 Å². The summed E-state index contributed by atoms with van der Waals surface area (Å²) in [5.74, 6) is 0. The van der Waals surface area contributed by atoms with Crippen molar-refractivity contribution < 1.29 is 19.8 Å². The molecule has 8 heteroatoms. The molecule has 0 aromatic carbocycles. The second kappa shape index (κ2) is 16.2. The summed E-state index contributed by atoms with van der Waals surface area (Å²) in [5, 5.41) is 4.88. The maximum atomic E-state index is 11.3. The fourth-order valence-electron chi connectivity index (χ4n) is 1.54. The number of hydrogen-bond donors (Lipinski definition) is 2. The van der Waals surface area contributed by atoms with Crippen LogP contribution in [0.15, 0.2) is 0 Å². The molecule has 30 heavy (non-hydrogen) atoms. The van der Waals surface area contributed by atoms with E-state index in [0.29, 0.717) is 0 Å². The molecule has 0 bridgehead atoms. The SMILES string of the molecule is CC(C)[NH2+]C(C)C.CC(C)[NH2+]C(C)C.[BH3-][P@@](C)(=O)C(C)(C)C.[BH3-][P@@](C)(=O)C(C)(C)C. The van der Waals surface area contributed by atoms with Crippen LogP contribution in [0.25, 0.3) is 0 Å². The van der Waals surface area contributed by atoms with Crippen molar-refractivity contribution in [2.75, 3.05) is 13.3 Å². The minimum absolute atomic E-state index is 0.0556. The van der Waals surface area contributed by atoms with Crippen LogP contribution in [0.3, 0.4) is 0 Å². The van der Waals surface area contributed by atoms with Crippen molar-refractivity contribution in [1.82, 2.24) is 0 Å². The van der Waals surface area contributed by atoms with E-state index < -0.39 is 14.0 Å². The molecule has 188 valence electrons. The van der Waals surface area contributed by atoms with Crippen LogP contribution in [0.4, 0.5) is 0 Å². The van der Waals surface area contributed by atoms with E-state index in [4.69, 9.17) is 0 Å². The van der Waals surface area contributed by atoms with E-state index >= 15 is 0 Å². The zero-order chi connectivity index (χ0) is 25.7. The van der Waals surface area contributed by atoms with Crippen LogP contribution in [0, 0.1) is 0 Å². The number of hydrogen-bond acceptors (Lipinski definition) is 2. The first kappa shape index (κ1) is 37.8. The number of rotatable bonds is 4. The lowest BCUT2D eigenvalue weighted by molar-refractivity contribution is -0.709. The molecule has 0 aliphatic heterocycles. The highest BCUT2D eigenvalue weighted by molar-refractivity contribution is 7.88. The maximum absolute atomic E-state index is 11.3. The van der Waals surface area contributed by atoms with Crippen LogP contribution in [-0.4, -0.2) is 62.9 Å². The van der Waals surface area contributed by atoms with Gasteiger partial charge in [-0.05, 0) is 79.0 Å². The summed E-state index contributed by atoms with van der Waals surface area (Å²) in [5.41, 5.74) is 0. The first-order valence-electron chi connectivity index (χ1n) is 10.7. The Morgan fingerprint density at radius 2 is 0.633 bits per heavy atom. The minimum Gasteiger partial charge on any atom is -0.366 e. The van der Waals surface area contributed by atoms with Crippen molar-refractivity contribution in [3.8, 4) is 0 Å². The predicted octanol–water partition coefficient (Wildman–Crippen LogP) is 2.85. The predicted molar refractivity (Wildman–Crippen MR) is 151 cm³/mol. The van der Waals surface area contributed by atoms with E-state index in [1.165, 1.54) is 0 Å². The molecule has 0 spiro atoms. The number of nitrogens with two attached hydrogens (primary N) is 2. The molecule has 0 aliphatic rings. The Morgan fingerprint density at radius 1 is 0.533 bits per heavy atom. The lowest BCUT2D eigenvalue weighted by Gasteiger charge is -2.29. The summed E-state index contributed by atoms with van der Waals surface area (Å²) in [6.07, 6.45) is 0. The average molecular weight is 470 g/mol. The van der Waals surface area contributed by atoms with Crippen molar-refractivity contribution in [2.45, 2.75) is 131 Å². The maximum Gasteiger partial charge on any atom is 0.0803 e. The first-order chi connectivity index (χ1) is 12.8. The molecule has 0 fully saturated rings. The number of quaternary nitrogens is 2. The standard InChI is InChI=1S/2C6H15N.2C5H15BOP/c2*1-5(2)7-6(3)4;2*1-5(2,3)8(4,6)7/h2*5-7H,1-4H3;2*1-4,6H3/q;;2*-1/p+2/t;;2*8-/m..00/s1. The molecule has 0 saturated carbocycles. The zero-order valence-corrected chi connectivity index (χ0v) is 24.0. The van der Waals surface area contributed by atoms with Crippen LogP contribution in [-0.2, 0) is 9.13 Å². The van der Waals surface area contributed by atoms with E-state index in [9.17, 15) is 9.13 Å². The quantitative estimate of drug-likeness (QED) is 0.491. The molecular weight excluding hydrogens is 408 g/mol. The van der Waals surface area contributed by atoms with Gasteiger partial charge in [0.2, 0.25) is 0 Å². The highest BCUT2D eigenvalue weighted by Crippen LogP contribution is 2.49. The largest absolute Gasteiger partial charge is 0.366 e. The normalized spacial score (nSPS) is 15.9. The fourth-order valence-corrected chi connectivity index (χ4v) is 1.54. The smallest absolute Gasteiger partial charge is 0.0803 e. The van der Waals surface area contributed by atoms with Gasteiger partial charge in [0.1, 0.15) is 0 Å². The Balaban J connectivity index is -0.000000151. The monoisotopic (exact) mass is 470 g/mol. The van der Waals surface area contributed by atoms with Gasteiger partial charge in [0, 0.05) is 15.1 Å². The van der Waals surface area contributed by atoms with Crippen molar-refractivity contribution in [2.24, 2.45) is 0 Å². The molecule has 0 radical (unpaired) electrons. The van der Waals surface area contributed by atoms with Gasteiger partial charge in [-0.3, -0.25) is 0 Å². The summed E-state index contributed by atoms with van der Waals surface area (Å²) in [6, 6.07) is 3.00. The highest BCUT2D eigenvalue weighted by Gasteiger charge is 2.20. The molecule has 2 atom stereocenters. The van der Waals surface area contributed by atoms with E-state index in [1.807, 2.05) is 13.3 Å². The molecule has 0 aromatic rings. The Morgan fingerprint density at radius 3 is 0.633 bits per heavy atom.